The summed E-state index contributed by atoms with van der Waals surface area (Å²) >= 11 is 8.09. The van der Waals surface area contributed by atoms with Gasteiger partial charge in [-0.25, -0.2) is 4.98 Å². The minimum absolute atomic E-state index is 0.0744. The Bertz CT molecular complexity index is 1160. The predicted molar refractivity (Wildman–Crippen MR) is 129 cm³/mol. The summed E-state index contributed by atoms with van der Waals surface area (Å²) in [4.78, 5) is 21.3. The molecule has 3 aromatic rings. The molecule has 0 radical (unpaired) electrons. The second-order valence-corrected chi connectivity index (χ2v) is 10.4. The van der Waals surface area contributed by atoms with Crippen LogP contribution in [0.5, 0.6) is 5.75 Å². The van der Waals surface area contributed by atoms with E-state index in [1.54, 1.807) is 24.1 Å². The molecule has 2 bridgehead atoms. The van der Waals surface area contributed by atoms with E-state index in [-0.39, 0.29) is 11.7 Å². The molecular formula is C24H28ClN3O3S. The van der Waals surface area contributed by atoms with Gasteiger partial charge in [-0.2, -0.15) is 0 Å². The van der Waals surface area contributed by atoms with Gasteiger partial charge in [-0.15, -0.1) is 11.3 Å². The zero-order valence-corrected chi connectivity index (χ0v) is 20.0. The van der Waals surface area contributed by atoms with E-state index in [0.717, 1.165) is 36.1 Å². The van der Waals surface area contributed by atoms with E-state index in [0.29, 0.717) is 39.9 Å². The van der Waals surface area contributed by atoms with Gasteiger partial charge in [-0.1, -0.05) is 11.6 Å². The highest BCUT2D eigenvalue weighted by Gasteiger charge is 2.39. The van der Waals surface area contributed by atoms with E-state index < -0.39 is 0 Å². The van der Waals surface area contributed by atoms with Crippen molar-refractivity contribution in [2.75, 3.05) is 20.8 Å². The third-order valence-corrected chi connectivity index (χ3v) is 8.27. The molecule has 0 amide bonds. The number of hydrogen-bond acceptors (Lipinski definition) is 6. The first-order chi connectivity index (χ1) is 15.5. The Labute approximate surface area is 196 Å². The summed E-state index contributed by atoms with van der Waals surface area (Å²) in [7, 11) is 3.92. The van der Waals surface area contributed by atoms with Crippen LogP contribution >= 0.6 is 22.9 Å². The van der Waals surface area contributed by atoms with Crippen LogP contribution in [0.1, 0.15) is 37.0 Å². The monoisotopic (exact) mass is 473 g/mol. The molecule has 5 rings (SSSR count). The minimum Gasteiger partial charge on any atom is -0.489 e. The van der Waals surface area contributed by atoms with Crippen LogP contribution in [0.4, 0.5) is 0 Å². The topological polar surface area (TPSA) is 56.6 Å². The van der Waals surface area contributed by atoms with E-state index in [4.69, 9.17) is 21.1 Å². The molecule has 2 aliphatic heterocycles. The zero-order chi connectivity index (χ0) is 22.2. The van der Waals surface area contributed by atoms with Crippen molar-refractivity contribution in [1.82, 2.24) is 14.5 Å². The standard InChI is InChI=1S/C24H28ClN3O3S/c1-27-15-5-6-16(27)11-18(10-15)31-22-8-7-17(12-20(22)25)28-14-26-21-13-19(4-3-9-30-2)32-23(21)24(28)29/h7-8,12-16,18H,3-6,9-11H2,1-2H3/t15-,16+,18+. The smallest absolute Gasteiger partial charge is 0.275 e. The van der Waals surface area contributed by atoms with Gasteiger partial charge >= 0.3 is 0 Å². The number of fused-ring (bicyclic) bond motifs is 3. The molecule has 1 aromatic carbocycles. The Kier molecular flexibility index (Phi) is 6.25. The number of benzene rings is 1. The normalized spacial score (nSPS) is 23.2. The maximum absolute atomic E-state index is 13.1. The number of methoxy groups -OCH3 is 1. The van der Waals surface area contributed by atoms with Crippen LogP contribution in [0.25, 0.3) is 15.9 Å². The fourth-order valence-corrected chi connectivity index (χ4v) is 6.33. The van der Waals surface area contributed by atoms with Gasteiger partial charge in [0.05, 0.1) is 16.2 Å². The van der Waals surface area contributed by atoms with Gasteiger partial charge in [0.1, 0.15) is 22.9 Å². The van der Waals surface area contributed by atoms with E-state index in [1.165, 1.54) is 24.2 Å². The second-order valence-electron chi connectivity index (χ2n) is 8.82. The highest BCUT2D eigenvalue weighted by atomic mass is 35.5. The molecule has 6 nitrogen and oxygen atoms in total. The number of nitrogens with zero attached hydrogens (tertiary/aromatic N) is 3. The van der Waals surface area contributed by atoms with Crippen LogP contribution in [-0.4, -0.2) is 53.4 Å². The first kappa shape index (κ1) is 21.9. The Balaban J connectivity index is 1.35. The highest BCUT2D eigenvalue weighted by molar-refractivity contribution is 7.18. The summed E-state index contributed by atoms with van der Waals surface area (Å²) in [5.74, 6) is 0.683. The number of ether oxygens (including phenoxy) is 2. The van der Waals surface area contributed by atoms with E-state index in [9.17, 15) is 4.79 Å². The zero-order valence-electron chi connectivity index (χ0n) is 18.4. The lowest BCUT2D eigenvalue weighted by atomic mass is 10.0. The van der Waals surface area contributed by atoms with Crippen molar-refractivity contribution in [3.05, 3.63) is 50.8 Å². The number of aryl methyl sites for hydroxylation is 1. The largest absolute Gasteiger partial charge is 0.489 e. The van der Waals surface area contributed by atoms with Crippen LogP contribution in [0.3, 0.4) is 0 Å². The fraction of sp³-hybridized carbons (Fsp3) is 0.500. The lowest BCUT2D eigenvalue weighted by Crippen LogP contribution is -2.43. The average Bonchev–Trinajstić information content (AvgIpc) is 3.27. The minimum atomic E-state index is -0.0744. The highest BCUT2D eigenvalue weighted by Crippen LogP contribution is 2.37. The lowest BCUT2D eigenvalue weighted by Gasteiger charge is -2.36. The first-order valence-corrected chi connectivity index (χ1v) is 12.4. The van der Waals surface area contributed by atoms with Crippen LogP contribution in [-0.2, 0) is 11.2 Å². The van der Waals surface area contributed by atoms with Gasteiger partial charge in [-0.3, -0.25) is 9.36 Å². The van der Waals surface area contributed by atoms with Crippen molar-refractivity contribution in [2.45, 2.75) is 56.7 Å². The van der Waals surface area contributed by atoms with E-state index in [2.05, 4.69) is 16.9 Å². The summed E-state index contributed by atoms with van der Waals surface area (Å²) in [5, 5.41) is 0.521. The van der Waals surface area contributed by atoms with Crippen LogP contribution in [0.15, 0.2) is 35.4 Å². The summed E-state index contributed by atoms with van der Waals surface area (Å²) in [6.45, 7) is 0.706. The predicted octanol–water partition coefficient (Wildman–Crippen LogP) is 4.68. The molecule has 2 aromatic heterocycles. The fourth-order valence-electron chi connectivity index (χ4n) is 5.03. The Morgan fingerprint density at radius 2 is 2.00 bits per heavy atom. The van der Waals surface area contributed by atoms with Crippen molar-refractivity contribution < 1.29 is 9.47 Å². The molecular weight excluding hydrogens is 446 g/mol. The molecule has 4 heterocycles. The molecule has 8 heteroatoms. The lowest BCUT2D eigenvalue weighted by molar-refractivity contribution is 0.0662. The van der Waals surface area contributed by atoms with Gasteiger partial charge in [0, 0.05) is 30.7 Å². The number of aromatic nitrogens is 2. The molecule has 2 saturated heterocycles. The molecule has 0 N–H and O–H groups in total. The summed E-state index contributed by atoms with van der Waals surface area (Å²) in [5.41, 5.74) is 1.36. The summed E-state index contributed by atoms with van der Waals surface area (Å²) < 4.78 is 13.6. The number of piperidine rings is 1. The van der Waals surface area contributed by atoms with Gasteiger partial charge in [0.2, 0.25) is 0 Å². The Hall–Kier alpha value is -1.93. The number of thiophene rings is 1. The molecule has 2 fully saturated rings. The van der Waals surface area contributed by atoms with Crippen LogP contribution in [0.2, 0.25) is 5.02 Å². The van der Waals surface area contributed by atoms with Gasteiger partial charge in [0.15, 0.2) is 0 Å². The Morgan fingerprint density at radius 3 is 2.72 bits per heavy atom. The SMILES string of the molecule is COCCCc1cc2ncn(-c3ccc(O[C@H]4C[C@H]5CC[C@@H](C4)N5C)c(Cl)c3)c(=O)c2s1. The van der Waals surface area contributed by atoms with E-state index >= 15 is 0 Å². The van der Waals surface area contributed by atoms with Crippen molar-refractivity contribution >= 4 is 33.2 Å². The first-order valence-electron chi connectivity index (χ1n) is 11.2. The van der Waals surface area contributed by atoms with Crippen molar-refractivity contribution in [3.8, 4) is 11.4 Å². The third kappa shape index (κ3) is 4.19. The van der Waals surface area contributed by atoms with Gasteiger partial charge in [-0.05, 0) is 69.8 Å². The molecule has 170 valence electrons. The Morgan fingerprint density at radius 1 is 1.22 bits per heavy atom. The maximum Gasteiger partial charge on any atom is 0.275 e. The van der Waals surface area contributed by atoms with Crippen LogP contribution in [0, 0.1) is 0 Å². The third-order valence-electron chi connectivity index (χ3n) is 6.80. The average molecular weight is 474 g/mol. The van der Waals surface area contributed by atoms with Gasteiger partial charge in [0.25, 0.3) is 5.56 Å². The van der Waals surface area contributed by atoms with Crippen molar-refractivity contribution in [2.24, 2.45) is 0 Å². The van der Waals surface area contributed by atoms with Gasteiger partial charge < -0.3 is 14.4 Å². The summed E-state index contributed by atoms with van der Waals surface area (Å²) in [6.07, 6.45) is 8.16. The molecule has 3 atom stereocenters. The van der Waals surface area contributed by atoms with Crippen LogP contribution < -0.4 is 10.3 Å². The molecule has 0 spiro atoms. The van der Waals surface area contributed by atoms with Crippen molar-refractivity contribution in [1.29, 1.82) is 0 Å². The molecule has 0 saturated carbocycles. The van der Waals surface area contributed by atoms with E-state index in [1.807, 2.05) is 18.2 Å². The molecule has 0 unspecified atom stereocenters. The summed E-state index contributed by atoms with van der Waals surface area (Å²) in [6, 6.07) is 8.77. The number of hydrogen-bond donors (Lipinski definition) is 0. The maximum atomic E-state index is 13.1. The second kappa shape index (κ2) is 9.14. The molecule has 0 aliphatic carbocycles. The molecule has 32 heavy (non-hydrogen) atoms. The van der Waals surface area contributed by atoms with Crippen molar-refractivity contribution in [3.63, 3.8) is 0 Å². The number of rotatable bonds is 7. The number of halogens is 1. The molecule has 2 aliphatic rings. The quantitative estimate of drug-likeness (QED) is 0.466.